The Balaban J connectivity index is 2.10. The molecule has 0 saturated heterocycles. The van der Waals surface area contributed by atoms with Gasteiger partial charge in [-0.2, -0.15) is 0 Å². The Morgan fingerprint density at radius 3 is 2.81 bits per heavy atom. The van der Waals surface area contributed by atoms with E-state index in [1.54, 1.807) is 0 Å². The fourth-order valence-electron chi connectivity index (χ4n) is 2.34. The number of anilines is 1. The Morgan fingerprint density at radius 1 is 1.10 bits per heavy atom. The average Bonchev–Trinajstić information content (AvgIpc) is 2.54. The first-order valence-corrected chi connectivity index (χ1v) is 7.21. The molecule has 0 amide bonds. The monoisotopic (exact) mass is 278 g/mol. The van der Waals surface area contributed by atoms with E-state index in [2.05, 4.69) is 45.4 Å². The molecular weight excluding hydrogens is 260 g/mol. The van der Waals surface area contributed by atoms with Gasteiger partial charge in [-0.25, -0.2) is 9.97 Å². The van der Waals surface area contributed by atoms with Crippen molar-refractivity contribution in [3.05, 3.63) is 48.4 Å². The molecule has 0 fully saturated rings. The number of benzene rings is 1. The number of pyridine rings is 1. The smallest absolute Gasteiger partial charge is 0.131 e. The number of fused-ring (bicyclic) bond motifs is 1. The van der Waals surface area contributed by atoms with Crippen LogP contribution in [0.15, 0.2) is 42.6 Å². The Labute approximate surface area is 124 Å². The van der Waals surface area contributed by atoms with Crippen molar-refractivity contribution in [2.24, 2.45) is 0 Å². The average molecular weight is 278 g/mol. The lowest BCUT2D eigenvalue weighted by Crippen LogP contribution is -2.01. The van der Waals surface area contributed by atoms with Crippen LogP contribution in [0.3, 0.4) is 0 Å². The van der Waals surface area contributed by atoms with Crippen LogP contribution in [0.1, 0.15) is 19.2 Å². The van der Waals surface area contributed by atoms with Crippen LogP contribution in [-0.4, -0.2) is 22.0 Å². The highest BCUT2D eigenvalue weighted by Crippen LogP contribution is 2.24. The van der Waals surface area contributed by atoms with Crippen LogP contribution in [-0.2, 0) is 6.42 Å². The third kappa shape index (κ3) is 2.84. The van der Waals surface area contributed by atoms with Gasteiger partial charge in [0.1, 0.15) is 11.6 Å². The second-order valence-electron chi connectivity index (χ2n) is 4.97. The Kier molecular flexibility index (Phi) is 3.77. The summed E-state index contributed by atoms with van der Waals surface area (Å²) in [6.45, 7) is 2.14. The summed E-state index contributed by atoms with van der Waals surface area (Å²) in [6.07, 6.45) is 3.73. The summed E-state index contributed by atoms with van der Waals surface area (Å²) in [7, 11) is 1.88. The lowest BCUT2D eigenvalue weighted by molar-refractivity contribution is 0.838. The van der Waals surface area contributed by atoms with E-state index >= 15 is 0 Å². The maximum absolute atomic E-state index is 4.68. The molecule has 0 spiro atoms. The van der Waals surface area contributed by atoms with Crippen LogP contribution >= 0.6 is 0 Å². The summed E-state index contributed by atoms with van der Waals surface area (Å²) in [5.41, 5.74) is 3.04. The predicted octanol–water partition coefficient (Wildman–Crippen LogP) is 3.69. The molecule has 1 aromatic carbocycles. The molecule has 1 N–H and O–H groups in total. The van der Waals surface area contributed by atoms with Crippen LogP contribution in [0.2, 0.25) is 0 Å². The van der Waals surface area contributed by atoms with Gasteiger partial charge < -0.3 is 5.32 Å². The van der Waals surface area contributed by atoms with Gasteiger partial charge in [0.2, 0.25) is 0 Å². The lowest BCUT2D eigenvalue weighted by Gasteiger charge is -2.08. The summed E-state index contributed by atoms with van der Waals surface area (Å²) in [5, 5.41) is 4.23. The fourth-order valence-corrected chi connectivity index (χ4v) is 2.34. The molecule has 0 aliphatic carbocycles. The normalized spacial score (nSPS) is 10.8. The van der Waals surface area contributed by atoms with E-state index in [0.717, 1.165) is 46.6 Å². The minimum absolute atomic E-state index is 0.856. The minimum atomic E-state index is 0.856. The lowest BCUT2D eigenvalue weighted by atomic mass is 10.1. The van der Waals surface area contributed by atoms with Gasteiger partial charge in [-0.05, 0) is 24.6 Å². The fraction of sp³-hybridized carbons (Fsp3) is 0.235. The van der Waals surface area contributed by atoms with Crippen molar-refractivity contribution >= 4 is 16.7 Å². The minimum Gasteiger partial charge on any atom is -0.373 e. The highest BCUT2D eigenvalue weighted by atomic mass is 15.0. The van der Waals surface area contributed by atoms with E-state index in [1.165, 1.54) is 0 Å². The Hall–Kier alpha value is -2.49. The van der Waals surface area contributed by atoms with Gasteiger partial charge in [0.05, 0.1) is 11.2 Å². The van der Waals surface area contributed by atoms with E-state index in [-0.39, 0.29) is 0 Å². The van der Waals surface area contributed by atoms with Gasteiger partial charge in [-0.1, -0.05) is 19.1 Å². The molecule has 2 heterocycles. The van der Waals surface area contributed by atoms with Gasteiger partial charge in [-0.15, -0.1) is 0 Å². The maximum Gasteiger partial charge on any atom is 0.131 e. The maximum atomic E-state index is 4.68. The van der Waals surface area contributed by atoms with Gasteiger partial charge in [0.25, 0.3) is 0 Å². The largest absolute Gasteiger partial charge is 0.373 e. The van der Waals surface area contributed by atoms with Crippen molar-refractivity contribution in [3.63, 3.8) is 0 Å². The number of aryl methyl sites for hydroxylation is 1. The Bertz CT molecular complexity index is 768. The summed E-state index contributed by atoms with van der Waals surface area (Å²) in [4.78, 5) is 13.5. The number of hydrogen-bond donors (Lipinski definition) is 1. The van der Waals surface area contributed by atoms with Crippen LogP contribution in [0, 0.1) is 0 Å². The summed E-state index contributed by atoms with van der Waals surface area (Å²) in [6, 6.07) is 12.2. The van der Waals surface area contributed by atoms with Crippen molar-refractivity contribution in [2.45, 2.75) is 19.8 Å². The first-order valence-electron chi connectivity index (χ1n) is 7.21. The van der Waals surface area contributed by atoms with Gasteiger partial charge >= 0.3 is 0 Å². The highest BCUT2D eigenvalue weighted by Gasteiger charge is 2.06. The molecule has 4 heteroatoms. The summed E-state index contributed by atoms with van der Waals surface area (Å²) in [5.74, 6) is 1.74. The number of rotatable bonds is 4. The molecule has 3 aromatic rings. The molecule has 21 heavy (non-hydrogen) atoms. The molecule has 0 saturated carbocycles. The van der Waals surface area contributed by atoms with Crippen molar-refractivity contribution < 1.29 is 0 Å². The van der Waals surface area contributed by atoms with Crippen LogP contribution in [0.25, 0.3) is 22.2 Å². The summed E-state index contributed by atoms with van der Waals surface area (Å²) >= 11 is 0. The molecular formula is C17H18N4. The summed E-state index contributed by atoms with van der Waals surface area (Å²) < 4.78 is 0. The van der Waals surface area contributed by atoms with Crippen LogP contribution in [0.5, 0.6) is 0 Å². The van der Waals surface area contributed by atoms with Crippen molar-refractivity contribution in [1.82, 2.24) is 15.0 Å². The third-order valence-corrected chi connectivity index (χ3v) is 3.40. The van der Waals surface area contributed by atoms with Crippen molar-refractivity contribution in [1.29, 1.82) is 0 Å². The zero-order valence-electron chi connectivity index (χ0n) is 12.3. The van der Waals surface area contributed by atoms with Crippen molar-refractivity contribution in [2.75, 3.05) is 12.4 Å². The molecule has 0 atom stereocenters. The van der Waals surface area contributed by atoms with E-state index < -0.39 is 0 Å². The number of nitrogens with one attached hydrogen (secondary N) is 1. The zero-order chi connectivity index (χ0) is 14.7. The molecule has 0 bridgehead atoms. The quantitative estimate of drug-likeness (QED) is 0.791. The van der Waals surface area contributed by atoms with Gasteiger partial charge in [0.15, 0.2) is 0 Å². The van der Waals surface area contributed by atoms with Crippen molar-refractivity contribution in [3.8, 4) is 11.3 Å². The number of aromatic nitrogens is 3. The SMILES string of the molecule is CCCc1nc(NC)cc(-c2ccc3ncccc3c2)n1. The number of nitrogens with zero attached hydrogens (tertiary/aromatic N) is 3. The van der Waals surface area contributed by atoms with E-state index in [0.29, 0.717) is 0 Å². The third-order valence-electron chi connectivity index (χ3n) is 3.40. The molecule has 4 nitrogen and oxygen atoms in total. The second-order valence-corrected chi connectivity index (χ2v) is 4.97. The standard InChI is InChI=1S/C17H18N4/c1-3-5-16-20-15(11-17(18-2)21-16)13-7-8-14-12(10-13)6-4-9-19-14/h4,6-11H,3,5H2,1-2H3,(H,18,20,21). The van der Waals surface area contributed by atoms with Crippen LogP contribution in [0.4, 0.5) is 5.82 Å². The van der Waals surface area contributed by atoms with E-state index in [1.807, 2.05) is 31.4 Å². The topological polar surface area (TPSA) is 50.7 Å². The van der Waals surface area contributed by atoms with Gasteiger partial charge in [0, 0.05) is 36.7 Å². The first-order chi connectivity index (χ1) is 10.3. The Morgan fingerprint density at radius 2 is 2.00 bits per heavy atom. The molecule has 0 aliphatic rings. The number of hydrogen-bond acceptors (Lipinski definition) is 4. The first kappa shape index (κ1) is 13.5. The van der Waals surface area contributed by atoms with E-state index in [9.17, 15) is 0 Å². The molecule has 3 rings (SSSR count). The van der Waals surface area contributed by atoms with Gasteiger partial charge in [-0.3, -0.25) is 4.98 Å². The predicted molar refractivity (Wildman–Crippen MR) is 86.3 cm³/mol. The molecule has 0 radical (unpaired) electrons. The molecule has 0 unspecified atom stereocenters. The zero-order valence-corrected chi connectivity index (χ0v) is 12.3. The van der Waals surface area contributed by atoms with E-state index in [4.69, 9.17) is 0 Å². The molecule has 0 aliphatic heterocycles. The molecule has 2 aromatic heterocycles. The molecule has 106 valence electrons. The van der Waals surface area contributed by atoms with Crippen LogP contribution < -0.4 is 5.32 Å². The highest BCUT2D eigenvalue weighted by molar-refractivity contribution is 5.83. The second kappa shape index (κ2) is 5.87.